The van der Waals surface area contributed by atoms with Gasteiger partial charge in [0.15, 0.2) is 0 Å². The summed E-state index contributed by atoms with van der Waals surface area (Å²) in [6, 6.07) is 9.75. The average molecular weight is 541 g/mol. The third kappa shape index (κ3) is 5.80. The molecule has 1 atom stereocenters. The number of hydrogen-bond acceptors (Lipinski definition) is 6. The summed E-state index contributed by atoms with van der Waals surface area (Å²) in [6.07, 6.45) is 9.77. The predicted molar refractivity (Wildman–Crippen MR) is 144 cm³/mol. The number of carbonyl (C=O) groups excluding carboxylic acids is 2. The van der Waals surface area contributed by atoms with Gasteiger partial charge in [-0.05, 0) is 62.8 Å². The van der Waals surface area contributed by atoms with E-state index in [2.05, 4.69) is 22.1 Å². The molecule has 2 saturated carbocycles. The lowest BCUT2D eigenvalue weighted by Crippen LogP contribution is -2.51. The number of sulfonamides is 1. The summed E-state index contributed by atoms with van der Waals surface area (Å²) >= 11 is 0. The Hall–Kier alpha value is -3.14. The van der Waals surface area contributed by atoms with Crippen molar-refractivity contribution < 1.29 is 22.7 Å². The smallest absolute Gasteiger partial charge is 0.270 e. The monoisotopic (exact) mass is 540 g/mol. The highest BCUT2D eigenvalue weighted by molar-refractivity contribution is 7.91. The zero-order chi connectivity index (χ0) is 26.9. The highest BCUT2D eigenvalue weighted by atomic mass is 32.2. The van der Waals surface area contributed by atoms with Gasteiger partial charge in [-0.2, -0.15) is 5.10 Å². The number of amides is 2. The molecule has 0 radical (unpaired) electrons. The van der Waals surface area contributed by atoms with Crippen LogP contribution in [0, 0.1) is 0 Å². The number of carbonyl (C=O) groups is 2. The maximum absolute atomic E-state index is 13.4. The molecule has 204 valence electrons. The number of aromatic nitrogens is 2. The number of hydrogen-bond donors (Lipinski definition) is 2. The number of ether oxygens (including phenoxy) is 1. The van der Waals surface area contributed by atoms with Crippen molar-refractivity contribution in [1.29, 1.82) is 0 Å². The Balaban J connectivity index is 1.41. The number of nitrogens with zero attached hydrogens (tertiary/aromatic N) is 2. The Labute approximate surface area is 224 Å². The second-order valence-electron chi connectivity index (χ2n) is 10.8. The molecule has 2 amide bonds. The van der Waals surface area contributed by atoms with Crippen LogP contribution in [0.2, 0.25) is 0 Å². The van der Waals surface area contributed by atoms with E-state index in [0.29, 0.717) is 36.8 Å². The van der Waals surface area contributed by atoms with Crippen molar-refractivity contribution >= 4 is 27.4 Å². The molecule has 2 aliphatic carbocycles. The maximum atomic E-state index is 13.4. The molecule has 0 unspecified atom stereocenters. The first-order chi connectivity index (χ1) is 18.2. The molecule has 2 heterocycles. The summed E-state index contributed by atoms with van der Waals surface area (Å²) in [5, 5.41) is 7.06. The van der Waals surface area contributed by atoms with Gasteiger partial charge >= 0.3 is 0 Å². The van der Waals surface area contributed by atoms with Crippen LogP contribution in [-0.2, 0) is 25.2 Å². The fraction of sp³-hybridized carbons (Fsp3) is 0.536. The third-order valence-corrected chi connectivity index (χ3v) is 9.29. The molecule has 2 fully saturated rings. The maximum Gasteiger partial charge on any atom is 0.270 e. The number of benzene rings is 1. The van der Waals surface area contributed by atoms with Crippen molar-refractivity contribution in [2.24, 2.45) is 0 Å². The van der Waals surface area contributed by atoms with E-state index in [9.17, 15) is 18.0 Å². The minimum absolute atomic E-state index is 0.195. The van der Waals surface area contributed by atoms with E-state index in [1.54, 1.807) is 6.07 Å². The number of rotatable bonds is 12. The molecule has 10 heteroatoms. The second kappa shape index (κ2) is 10.6. The Kier molecular flexibility index (Phi) is 7.35. The third-order valence-electron chi connectivity index (χ3n) is 7.47. The quantitative estimate of drug-likeness (QED) is 0.311. The van der Waals surface area contributed by atoms with Crippen LogP contribution >= 0.6 is 0 Å². The van der Waals surface area contributed by atoms with Crippen LogP contribution < -0.4 is 14.8 Å². The van der Waals surface area contributed by atoms with Crippen molar-refractivity contribution in [3.8, 4) is 5.75 Å². The largest absolute Gasteiger partial charge is 0.494 e. The van der Waals surface area contributed by atoms with Gasteiger partial charge in [-0.25, -0.2) is 13.1 Å². The van der Waals surface area contributed by atoms with Crippen molar-refractivity contribution in [3.05, 3.63) is 53.4 Å². The summed E-state index contributed by atoms with van der Waals surface area (Å²) in [7, 11) is -3.82. The van der Waals surface area contributed by atoms with Crippen LogP contribution in [0.5, 0.6) is 5.75 Å². The van der Waals surface area contributed by atoms with E-state index in [0.717, 1.165) is 37.0 Å². The molecular formula is C28H36N4O5S. The molecule has 5 rings (SSSR count). The van der Waals surface area contributed by atoms with Crippen molar-refractivity contribution in [3.63, 3.8) is 0 Å². The number of unbranched alkanes of at least 4 members (excludes halogenated alkanes) is 3. The van der Waals surface area contributed by atoms with E-state index in [1.165, 1.54) is 12.8 Å². The molecule has 2 N–H and O–H groups in total. The van der Waals surface area contributed by atoms with Crippen molar-refractivity contribution in [2.45, 2.75) is 88.5 Å². The SMILES string of the molecule is CCCCCCOc1ccc([C@]2(C)CC(c3ccn(C4CC4)n3)=C(C(=O)NS(=O)(=O)C3CC3)C(=O)N2)cc1. The van der Waals surface area contributed by atoms with Gasteiger partial charge in [-0.3, -0.25) is 14.3 Å². The van der Waals surface area contributed by atoms with Crippen LogP contribution in [0.15, 0.2) is 42.1 Å². The lowest BCUT2D eigenvalue weighted by Gasteiger charge is -2.37. The van der Waals surface area contributed by atoms with Crippen LogP contribution in [0.25, 0.3) is 5.57 Å². The van der Waals surface area contributed by atoms with Gasteiger partial charge in [-0.1, -0.05) is 38.3 Å². The lowest BCUT2D eigenvalue weighted by atomic mass is 9.79. The topological polar surface area (TPSA) is 119 Å². The molecule has 1 aromatic heterocycles. The summed E-state index contributed by atoms with van der Waals surface area (Å²) in [5.41, 5.74) is 0.789. The Morgan fingerprint density at radius 1 is 1.13 bits per heavy atom. The minimum Gasteiger partial charge on any atom is -0.494 e. The molecule has 0 spiro atoms. The number of nitrogens with one attached hydrogen (secondary N) is 2. The van der Waals surface area contributed by atoms with E-state index < -0.39 is 32.6 Å². The molecule has 38 heavy (non-hydrogen) atoms. The average Bonchev–Trinajstić information content (AvgIpc) is 3.81. The Bertz CT molecular complexity index is 1340. The minimum atomic E-state index is -3.82. The molecule has 2 aromatic rings. The summed E-state index contributed by atoms with van der Waals surface area (Å²) in [5.74, 6) is -0.756. The highest BCUT2D eigenvalue weighted by Crippen LogP contribution is 2.40. The highest BCUT2D eigenvalue weighted by Gasteiger charge is 2.43. The fourth-order valence-electron chi connectivity index (χ4n) is 4.89. The van der Waals surface area contributed by atoms with Crippen molar-refractivity contribution in [1.82, 2.24) is 19.8 Å². The van der Waals surface area contributed by atoms with Crippen LogP contribution in [-0.4, -0.2) is 41.9 Å². The van der Waals surface area contributed by atoms with Gasteiger partial charge in [0, 0.05) is 18.2 Å². The first-order valence-corrected chi connectivity index (χ1v) is 15.2. The fourth-order valence-corrected chi connectivity index (χ4v) is 6.17. The van der Waals surface area contributed by atoms with Gasteiger partial charge in [0.2, 0.25) is 10.0 Å². The Morgan fingerprint density at radius 2 is 1.87 bits per heavy atom. The standard InChI is InChI=1S/C28H36N4O5S/c1-3-4-5-6-17-37-21-11-7-19(8-12-21)28(2)18-23(24-15-16-32(30-24)20-9-10-20)25(26(33)29-28)27(34)31-38(35,36)22-13-14-22/h7-8,11-12,15-16,20,22H,3-6,9-10,13-14,17-18H2,1-2H3,(H,29,33)(H,31,34)/t28-/m0/s1. The van der Waals surface area contributed by atoms with Gasteiger partial charge in [-0.15, -0.1) is 0 Å². The van der Waals surface area contributed by atoms with Gasteiger partial charge in [0.25, 0.3) is 11.8 Å². The van der Waals surface area contributed by atoms with E-state index >= 15 is 0 Å². The van der Waals surface area contributed by atoms with Gasteiger partial charge < -0.3 is 10.1 Å². The molecule has 3 aliphatic rings. The van der Waals surface area contributed by atoms with Gasteiger partial charge in [0.05, 0.1) is 29.1 Å². The molecule has 0 bridgehead atoms. The Morgan fingerprint density at radius 3 is 2.53 bits per heavy atom. The van der Waals surface area contributed by atoms with E-state index in [1.807, 2.05) is 42.1 Å². The van der Waals surface area contributed by atoms with Crippen LogP contribution in [0.1, 0.15) is 88.9 Å². The van der Waals surface area contributed by atoms with Crippen LogP contribution in [0.3, 0.4) is 0 Å². The zero-order valence-electron chi connectivity index (χ0n) is 22.0. The summed E-state index contributed by atoms with van der Waals surface area (Å²) in [4.78, 5) is 26.6. The zero-order valence-corrected chi connectivity index (χ0v) is 22.9. The van der Waals surface area contributed by atoms with Crippen molar-refractivity contribution in [2.75, 3.05) is 6.61 Å². The first-order valence-electron chi connectivity index (χ1n) is 13.6. The molecule has 1 aromatic carbocycles. The lowest BCUT2D eigenvalue weighted by molar-refractivity contribution is -0.124. The van der Waals surface area contributed by atoms with Crippen LogP contribution in [0.4, 0.5) is 0 Å². The van der Waals surface area contributed by atoms with Gasteiger partial charge in [0.1, 0.15) is 11.3 Å². The first kappa shape index (κ1) is 26.5. The molecule has 0 saturated heterocycles. The van der Waals surface area contributed by atoms with E-state index in [-0.39, 0.29) is 12.0 Å². The normalized spacial score (nSPS) is 21.8. The molecule has 9 nitrogen and oxygen atoms in total. The summed E-state index contributed by atoms with van der Waals surface area (Å²) < 4.78 is 34.8. The molecular weight excluding hydrogens is 504 g/mol. The predicted octanol–water partition coefficient (Wildman–Crippen LogP) is 3.97. The second-order valence-corrected chi connectivity index (χ2v) is 12.8. The molecule has 1 aliphatic heterocycles. The summed E-state index contributed by atoms with van der Waals surface area (Å²) in [6.45, 7) is 4.74. The van der Waals surface area contributed by atoms with E-state index in [4.69, 9.17) is 4.74 Å².